The standard InChI is InChI=1S/C45H55N8O3/c1-44(2)28-42(45(3,4)53(44)55)43(54)50-23-13-14-24-56-41-26-35(29-51(31-37-15-5-9-19-46-37)32-38-16-6-10-20-47-38)25-36(27-41)30-52(33-39-17-7-11-21-48-39)34-40-18-8-12-22-49-40/h5-12,15-22,25-27,42H,13-14,23-24,28-34H2,1-4H3,(H,50,54). The Hall–Kier alpha value is -5.07. The summed E-state index contributed by atoms with van der Waals surface area (Å²) in [4.78, 5) is 36.3. The molecule has 1 aliphatic rings. The zero-order valence-electron chi connectivity index (χ0n) is 33.2. The van der Waals surface area contributed by atoms with Crippen LogP contribution in [0.25, 0.3) is 0 Å². The molecule has 6 rings (SSSR count). The third-order valence-electron chi connectivity index (χ3n) is 10.4. The number of ether oxygens (including phenoxy) is 1. The lowest BCUT2D eigenvalue weighted by molar-refractivity contribution is -0.247. The predicted molar refractivity (Wildman–Crippen MR) is 216 cm³/mol. The SMILES string of the molecule is CC1(C)CC(C(=O)NCCCCOc2cc(CN(Cc3ccccn3)Cc3ccccn3)cc(CN(Cc3ccccn3)Cc3ccccn3)c2)C(C)(C)N1[O]. The second-order valence-corrected chi connectivity index (χ2v) is 15.9. The minimum Gasteiger partial charge on any atom is -0.494 e. The van der Waals surface area contributed by atoms with E-state index >= 15 is 0 Å². The molecular formula is C45H55N8O3. The highest BCUT2D eigenvalue weighted by atomic mass is 16.5. The van der Waals surface area contributed by atoms with E-state index in [-0.39, 0.29) is 11.8 Å². The number of carbonyl (C=O) groups is 1. The summed E-state index contributed by atoms with van der Waals surface area (Å²) in [6.07, 6.45) is 9.41. The normalized spacial score (nSPS) is 16.3. The average Bonchev–Trinajstić information content (AvgIpc) is 3.36. The molecule has 11 heteroatoms. The molecule has 293 valence electrons. The van der Waals surface area contributed by atoms with Crippen LogP contribution < -0.4 is 10.1 Å². The van der Waals surface area contributed by atoms with Crippen molar-refractivity contribution < 1.29 is 14.7 Å². The van der Waals surface area contributed by atoms with Gasteiger partial charge in [-0.1, -0.05) is 30.3 Å². The Morgan fingerprint density at radius 1 is 0.679 bits per heavy atom. The zero-order valence-corrected chi connectivity index (χ0v) is 33.2. The molecule has 1 atom stereocenters. The van der Waals surface area contributed by atoms with E-state index in [0.717, 1.165) is 57.6 Å². The molecular weight excluding hydrogens is 701 g/mol. The number of amides is 1. The van der Waals surface area contributed by atoms with Crippen molar-refractivity contribution in [2.24, 2.45) is 5.92 Å². The molecule has 5 heterocycles. The van der Waals surface area contributed by atoms with Gasteiger partial charge in [0.15, 0.2) is 0 Å². The lowest BCUT2D eigenvalue weighted by atomic mass is 9.86. The first-order valence-corrected chi connectivity index (χ1v) is 19.6. The van der Waals surface area contributed by atoms with E-state index in [1.165, 1.54) is 0 Å². The van der Waals surface area contributed by atoms with Crippen LogP contribution >= 0.6 is 0 Å². The highest BCUT2D eigenvalue weighted by Gasteiger charge is 2.55. The first-order valence-electron chi connectivity index (χ1n) is 19.6. The van der Waals surface area contributed by atoms with E-state index in [0.29, 0.717) is 58.8 Å². The van der Waals surface area contributed by atoms with E-state index in [1.54, 1.807) is 0 Å². The minimum absolute atomic E-state index is 0.0541. The van der Waals surface area contributed by atoms with Crippen molar-refractivity contribution >= 4 is 5.91 Å². The van der Waals surface area contributed by atoms with Crippen molar-refractivity contribution in [3.05, 3.63) is 150 Å². The number of hydroxylamine groups is 2. The molecule has 56 heavy (non-hydrogen) atoms. The summed E-state index contributed by atoms with van der Waals surface area (Å²) < 4.78 is 6.46. The van der Waals surface area contributed by atoms with Crippen molar-refractivity contribution in [3.63, 3.8) is 0 Å². The van der Waals surface area contributed by atoms with E-state index in [9.17, 15) is 10.0 Å². The molecule has 0 aliphatic carbocycles. The average molecular weight is 756 g/mol. The maximum Gasteiger partial charge on any atom is 0.225 e. The summed E-state index contributed by atoms with van der Waals surface area (Å²) in [5.74, 6) is 0.400. The third kappa shape index (κ3) is 11.5. The number of benzene rings is 1. The van der Waals surface area contributed by atoms with E-state index in [1.807, 2.05) is 101 Å². The van der Waals surface area contributed by atoms with Gasteiger partial charge in [0.25, 0.3) is 0 Å². The molecule has 1 unspecified atom stereocenters. The fourth-order valence-corrected chi connectivity index (χ4v) is 7.65. The monoisotopic (exact) mass is 755 g/mol. The Labute approximate surface area is 331 Å². The van der Waals surface area contributed by atoms with Crippen LogP contribution in [0, 0.1) is 5.92 Å². The Bertz CT molecular complexity index is 1760. The summed E-state index contributed by atoms with van der Waals surface area (Å²) in [5, 5.41) is 17.0. The summed E-state index contributed by atoms with van der Waals surface area (Å²) in [6, 6.07) is 30.6. The van der Waals surface area contributed by atoms with E-state index < -0.39 is 11.1 Å². The van der Waals surface area contributed by atoms with Crippen LogP contribution in [0.3, 0.4) is 0 Å². The Balaban J connectivity index is 1.17. The van der Waals surface area contributed by atoms with Gasteiger partial charge in [-0.25, -0.2) is 0 Å². The van der Waals surface area contributed by atoms with Gasteiger partial charge in [0.05, 0.1) is 40.8 Å². The number of carbonyl (C=O) groups excluding carboxylic acids is 1. The van der Waals surface area contributed by atoms with E-state index in [4.69, 9.17) is 4.74 Å². The van der Waals surface area contributed by atoms with Gasteiger partial charge in [-0.3, -0.25) is 34.5 Å². The minimum atomic E-state index is -0.741. The maximum absolute atomic E-state index is 13.1. The molecule has 1 N–H and O–H groups in total. The fourth-order valence-electron chi connectivity index (χ4n) is 7.65. The van der Waals surface area contributed by atoms with Crippen molar-refractivity contribution in [2.45, 2.75) is 97.3 Å². The molecule has 1 radical (unpaired) electrons. The van der Waals surface area contributed by atoms with Gasteiger partial charge in [-0.05, 0) is 119 Å². The molecule has 1 amide bonds. The quantitative estimate of drug-likeness (QED) is 0.0876. The first-order chi connectivity index (χ1) is 27.0. The van der Waals surface area contributed by atoms with Gasteiger partial charge < -0.3 is 10.1 Å². The van der Waals surface area contributed by atoms with Gasteiger partial charge in [0.1, 0.15) is 5.75 Å². The highest BCUT2D eigenvalue weighted by Crippen LogP contribution is 2.43. The lowest BCUT2D eigenvalue weighted by Gasteiger charge is -2.33. The molecule has 1 saturated heterocycles. The van der Waals surface area contributed by atoms with Crippen molar-refractivity contribution in [2.75, 3.05) is 13.2 Å². The van der Waals surface area contributed by atoms with Gasteiger partial charge in [0, 0.05) is 76.1 Å². The third-order valence-corrected chi connectivity index (χ3v) is 10.4. The number of hydrogen-bond acceptors (Lipinski definition) is 9. The van der Waals surface area contributed by atoms with Crippen LogP contribution in [-0.4, -0.2) is 64.9 Å². The van der Waals surface area contributed by atoms with Gasteiger partial charge in [-0.15, -0.1) is 10.3 Å². The molecule has 1 aromatic carbocycles. The molecule has 4 aromatic heterocycles. The lowest BCUT2D eigenvalue weighted by Crippen LogP contribution is -2.49. The number of nitrogens with zero attached hydrogens (tertiary/aromatic N) is 7. The van der Waals surface area contributed by atoms with Crippen LogP contribution in [0.1, 0.15) is 80.9 Å². The number of nitrogens with one attached hydrogen (secondary N) is 1. The van der Waals surface area contributed by atoms with Crippen LogP contribution in [0.5, 0.6) is 5.75 Å². The molecule has 11 nitrogen and oxygen atoms in total. The molecule has 0 saturated carbocycles. The van der Waals surface area contributed by atoms with Crippen LogP contribution in [-0.2, 0) is 49.3 Å². The zero-order chi connectivity index (χ0) is 39.4. The van der Waals surface area contributed by atoms with E-state index in [2.05, 4.69) is 77.5 Å². The van der Waals surface area contributed by atoms with Crippen LogP contribution in [0.4, 0.5) is 0 Å². The van der Waals surface area contributed by atoms with Crippen molar-refractivity contribution in [1.29, 1.82) is 0 Å². The van der Waals surface area contributed by atoms with Crippen LogP contribution in [0.2, 0.25) is 0 Å². The Kier molecular flexibility index (Phi) is 13.9. The highest BCUT2D eigenvalue weighted by molar-refractivity contribution is 5.80. The predicted octanol–water partition coefficient (Wildman–Crippen LogP) is 7.17. The topological polar surface area (TPSA) is 120 Å². The summed E-state index contributed by atoms with van der Waals surface area (Å²) in [5.41, 5.74) is 4.92. The van der Waals surface area contributed by atoms with Crippen molar-refractivity contribution in [3.8, 4) is 5.75 Å². The molecule has 0 spiro atoms. The largest absolute Gasteiger partial charge is 0.494 e. The second-order valence-electron chi connectivity index (χ2n) is 15.9. The fraction of sp³-hybridized carbons (Fsp3) is 0.400. The first kappa shape index (κ1) is 40.6. The summed E-state index contributed by atoms with van der Waals surface area (Å²) >= 11 is 0. The summed E-state index contributed by atoms with van der Waals surface area (Å²) in [6.45, 7) is 12.6. The Morgan fingerprint density at radius 3 is 1.50 bits per heavy atom. The van der Waals surface area contributed by atoms with Crippen molar-refractivity contribution in [1.82, 2.24) is 40.1 Å². The molecule has 1 fully saturated rings. The number of unbranched alkanes of at least 4 members (excludes halogenated alkanes) is 1. The van der Waals surface area contributed by atoms with Gasteiger partial charge in [0.2, 0.25) is 5.91 Å². The molecule has 5 aromatic rings. The van der Waals surface area contributed by atoms with Crippen LogP contribution in [0.15, 0.2) is 116 Å². The number of pyridine rings is 4. The number of rotatable bonds is 19. The second kappa shape index (κ2) is 19.2. The number of aromatic nitrogens is 4. The summed E-state index contributed by atoms with van der Waals surface area (Å²) in [7, 11) is 0. The van der Waals surface area contributed by atoms with Gasteiger partial charge >= 0.3 is 0 Å². The molecule has 1 aliphatic heterocycles. The maximum atomic E-state index is 13.1. The number of hydrogen-bond donors (Lipinski definition) is 1. The van der Waals surface area contributed by atoms with Gasteiger partial charge in [-0.2, -0.15) is 0 Å². The molecule has 0 bridgehead atoms. The smallest absolute Gasteiger partial charge is 0.225 e. The Morgan fingerprint density at radius 2 is 1.12 bits per heavy atom.